The van der Waals surface area contributed by atoms with Gasteiger partial charge in [0.25, 0.3) is 0 Å². The molecule has 23 heavy (non-hydrogen) atoms. The van der Waals surface area contributed by atoms with Crippen molar-refractivity contribution in [3.05, 3.63) is 88.9 Å². The molecule has 0 spiro atoms. The first-order chi connectivity index (χ1) is 11.3. The lowest BCUT2D eigenvalue weighted by atomic mass is 10.1. The first-order valence-electron chi connectivity index (χ1n) is 7.64. The standard InChI is InChI=1S/C21H16BrN/c1-2-15-7-9-16(10-8-15)14-23-20-6-4-3-5-18(20)19-12-11-17(22)13-21(19)23/h2-13H,1,14H2. The Balaban J connectivity index is 1.92. The fourth-order valence-electron chi connectivity index (χ4n) is 3.13. The predicted molar refractivity (Wildman–Crippen MR) is 103 cm³/mol. The monoisotopic (exact) mass is 361 g/mol. The highest BCUT2D eigenvalue weighted by Gasteiger charge is 2.10. The number of benzene rings is 3. The summed E-state index contributed by atoms with van der Waals surface area (Å²) >= 11 is 3.60. The Morgan fingerprint density at radius 1 is 0.870 bits per heavy atom. The number of hydrogen-bond acceptors (Lipinski definition) is 0. The molecular weight excluding hydrogens is 346 g/mol. The van der Waals surface area contributed by atoms with E-state index in [2.05, 4.69) is 93.8 Å². The van der Waals surface area contributed by atoms with E-state index in [4.69, 9.17) is 0 Å². The Kier molecular flexibility index (Phi) is 3.55. The summed E-state index contributed by atoms with van der Waals surface area (Å²) < 4.78 is 3.49. The Labute approximate surface area is 144 Å². The van der Waals surface area contributed by atoms with Gasteiger partial charge in [0, 0.05) is 27.3 Å². The van der Waals surface area contributed by atoms with Crippen LogP contribution in [0.3, 0.4) is 0 Å². The maximum atomic E-state index is 3.82. The van der Waals surface area contributed by atoms with E-state index in [0.717, 1.165) is 16.6 Å². The van der Waals surface area contributed by atoms with Crippen LogP contribution < -0.4 is 0 Å². The van der Waals surface area contributed by atoms with Gasteiger partial charge >= 0.3 is 0 Å². The minimum absolute atomic E-state index is 0.859. The number of nitrogens with zero attached hydrogens (tertiary/aromatic N) is 1. The molecule has 0 amide bonds. The molecule has 2 heteroatoms. The summed E-state index contributed by atoms with van der Waals surface area (Å²) in [6.07, 6.45) is 1.88. The lowest BCUT2D eigenvalue weighted by molar-refractivity contribution is 0.868. The topological polar surface area (TPSA) is 4.93 Å². The lowest BCUT2D eigenvalue weighted by Crippen LogP contribution is -1.99. The molecule has 0 aliphatic heterocycles. The lowest BCUT2D eigenvalue weighted by Gasteiger charge is -2.08. The Morgan fingerprint density at radius 2 is 1.61 bits per heavy atom. The summed E-state index contributed by atoms with van der Waals surface area (Å²) in [6, 6.07) is 23.7. The van der Waals surface area contributed by atoms with Gasteiger partial charge in [-0.2, -0.15) is 0 Å². The van der Waals surface area contributed by atoms with Gasteiger partial charge in [-0.25, -0.2) is 0 Å². The average Bonchev–Trinajstić information content (AvgIpc) is 2.89. The summed E-state index contributed by atoms with van der Waals surface area (Å²) in [6.45, 7) is 4.68. The van der Waals surface area contributed by atoms with E-state index in [9.17, 15) is 0 Å². The van der Waals surface area contributed by atoms with E-state index < -0.39 is 0 Å². The van der Waals surface area contributed by atoms with E-state index in [0.29, 0.717) is 0 Å². The van der Waals surface area contributed by atoms with Crippen molar-refractivity contribution in [1.29, 1.82) is 0 Å². The summed E-state index contributed by atoms with van der Waals surface area (Å²) in [4.78, 5) is 0. The number of para-hydroxylation sites is 1. The van der Waals surface area contributed by atoms with Crippen molar-refractivity contribution in [2.45, 2.75) is 6.54 Å². The van der Waals surface area contributed by atoms with Crippen molar-refractivity contribution in [2.24, 2.45) is 0 Å². The van der Waals surface area contributed by atoms with Gasteiger partial charge in [0.05, 0.1) is 5.52 Å². The molecule has 0 radical (unpaired) electrons. The smallest absolute Gasteiger partial charge is 0.0505 e. The van der Waals surface area contributed by atoms with Crippen LogP contribution in [0.1, 0.15) is 11.1 Å². The third kappa shape index (κ3) is 2.49. The molecule has 1 aromatic heterocycles. The van der Waals surface area contributed by atoms with Crippen LogP contribution in [-0.2, 0) is 6.54 Å². The molecule has 1 heterocycles. The van der Waals surface area contributed by atoms with Crippen molar-refractivity contribution in [3.63, 3.8) is 0 Å². The highest BCUT2D eigenvalue weighted by molar-refractivity contribution is 9.10. The molecule has 3 aromatic carbocycles. The van der Waals surface area contributed by atoms with Crippen molar-refractivity contribution in [1.82, 2.24) is 4.57 Å². The summed E-state index contributed by atoms with van der Waals surface area (Å²) in [5, 5.41) is 2.60. The maximum Gasteiger partial charge on any atom is 0.0505 e. The van der Waals surface area contributed by atoms with Gasteiger partial charge in [0.15, 0.2) is 0 Å². The fraction of sp³-hybridized carbons (Fsp3) is 0.0476. The van der Waals surface area contributed by atoms with Crippen LogP contribution in [0.5, 0.6) is 0 Å². The van der Waals surface area contributed by atoms with Crippen LogP contribution in [0, 0.1) is 0 Å². The van der Waals surface area contributed by atoms with E-state index in [1.54, 1.807) is 0 Å². The molecular formula is C21H16BrN. The van der Waals surface area contributed by atoms with Crippen LogP contribution in [0.2, 0.25) is 0 Å². The van der Waals surface area contributed by atoms with Crippen molar-refractivity contribution < 1.29 is 0 Å². The number of hydrogen-bond donors (Lipinski definition) is 0. The Bertz CT molecular complexity index is 1010. The quantitative estimate of drug-likeness (QED) is 0.406. The number of aromatic nitrogens is 1. The fourth-order valence-corrected chi connectivity index (χ4v) is 3.48. The molecule has 0 N–H and O–H groups in total. The minimum atomic E-state index is 0.859. The summed E-state index contributed by atoms with van der Waals surface area (Å²) in [5.41, 5.74) is 4.97. The second-order valence-corrected chi connectivity index (χ2v) is 6.63. The number of rotatable bonds is 3. The van der Waals surface area contributed by atoms with E-state index in [1.807, 2.05) is 6.08 Å². The largest absolute Gasteiger partial charge is 0.336 e. The van der Waals surface area contributed by atoms with Gasteiger partial charge in [-0.15, -0.1) is 0 Å². The van der Waals surface area contributed by atoms with Crippen molar-refractivity contribution >= 4 is 43.8 Å². The highest BCUT2D eigenvalue weighted by Crippen LogP contribution is 2.31. The third-order valence-electron chi connectivity index (χ3n) is 4.29. The summed E-state index contributed by atoms with van der Waals surface area (Å²) in [5.74, 6) is 0. The van der Waals surface area contributed by atoms with Crippen molar-refractivity contribution in [2.75, 3.05) is 0 Å². The second kappa shape index (κ2) is 5.71. The van der Waals surface area contributed by atoms with Crippen LogP contribution in [0.15, 0.2) is 77.8 Å². The minimum Gasteiger partial charge on any atom is -0.336 e. The van der Waals surface area contributed by atoms with Gasteiger partial charge in [-0.1, -0.05) is 77.1 Å². The zero-order chi connectivity index (χ0) is 15.8. The zero-order valence-corrected chi connectivity index (χ0v) is 14.3. The van der Waals surface area contributed by atoms with E-state index in [1.165, 1.54) is 27.4 Å². The van der Waals surface area contributed by atoms with Crippen LogP contribution in [0.4, 0.5) is 0 Å². The molecule has 0 atom stereocenters. The molecule has 0 saturated heterocycles. The van der Waals surface area contributed by atoms with Gasteiger partial charge in [0.1, 0.15) is 0 Å². The molecule has 0 fully saturated rings. The van der Waals surface area contributed by atoms with Gasteiger partial charge in [-0.05, 0) is 29.3 Å². The molecule has 4 aromatic rings. The second-order valence-electron chi connectivity index (χ2n) is 5.71. The molecule has 0 aliphatic rings. The summed E-state index contributed by atoms with van der Waals surface area (Å²) in [7, 11) is 0. The van der Waals surface area contributed by atoms with Crippen LogP contribution >= 0.6 is 15.9 Å². The molecule has 0 aliphatic carbocycles. The third-order valence-corrected chi connectivity index (χ3v) is 4.78. The molecule has 0 bridgehead atoms. The molecule has 4 rings (SSSR count). The normalized spacial score (nSPS) is 11.2. The Morgan fingerprint density at radius 3 is 2.39 bits per heavy atom. The predicted octanol–water partition coefficient (Wildman–Crippen LogP) is 6.25. The van der Waals surface area contributed by atoms with Gasteiger partial charge in [-0.3, -0.25) is 0 Å². The first kappa shape index (κ1) is 14.3. The van der Waals surface area contributed by atoms with E-state index >= 15 is 0 Å². The number of halogens is 1. The van der Waals surface area contributed by atoms with Gasteiger partial charge < -0.3 is 4.57 Å². The molecule has 112 valence electrons. The molecule has 0 unspecified atom stereocenters. The van der Waals surface area contributed by atoms with Crippen molar-refractivity contribution in [3.8, 4) is 0 Å². The highest BCUT2D eigenvalue weighted by atomic mass is 79.9. The van der Waals surface area contributed by atoms with Crippen LogP contribution in [-0.4, -0.2) is 4.57 Å². The first-order valence-corrected chi connectivity index (χ1v) is 8.43. The van der Waals surface area contributed by atoms with Crippen LogP contribution in [0.25, 0.3) is 27.9 Å². The Hall–Kier alpha value is -2.32. The number of fused-ring (bicyclic) bond motifs is 3. The maximum absolute atomic E-state index is 3.82. The van der Waals surface area contributed by atoms with E-state index in [-0.39, 0.29) is 0 Å². The average molecular weight is 362 g/mol. The molecule has 1 nitrogen and oxygen atoms in total. The van der Waals surface area contributed by atoms with Gasteiger partial charge in [0.2, 0.25) is 0 Å². The SMILES string of the molecule is C=Cc1ccc(Cn2c3ccccc3c3ccc(Br)cc32)cc1. The molecule has 0 saturated carbocycles. The zero-order valence-electron chi connectivity index (χ0n) is 12.7.